The first-order valence-electron chi connectivity index (χ1n) is 8.35. The largest absolute Gasteiger partial charge is 0.382 e. The quantitative estimate of drug-likeness (QED) is 0.496. The molecular formula is C19H30N2Si2. The van der Waals surface area contributed by atoms with E-state index >= 15 is 0 Å². The molecule has 2 rings (SSSR count). The molecule has 0 amide bonds. The number of rotatable bonds is 6. The molecule has 2 aromatic carbocycles. The zero-order chi connectivity index (χ0) is 17.1. The Balaban J connectivity index is 2.39. The number of nitrogens with zero attached hydrogens (tertiary/aromatic N) is 2. The van der Waals surface area contributed by atoms with E-state index in [0.29, 0.717) is 0 Å². The number of hydrogen-bond acceptors (Lipinski definition) is 2. The predicted octanol–water partition coefficient (Wildman–Crippen LogP) is 5.63. The first-order valence-corrected chi connectivity index (χ1v) is 15.2. The van der Waals surface area contributed by atoms with Gasteiger partial charge in [-0.3, -0.25) is 0 Å². The molecule has 0 radical (unpaired) electrons. The van der Waals surface area contributed by atoms with Gasteiger partial charge < -0.3 is 9.13 Å². The summed E-state index contributed by atoms with van der Waals surface area (Å²) < 4.78 is 5.27. The van der Waals surface area contributed by atoms with Gasteiger partial charge in [0.05, 0.1) is 6.67 Å². The van der Waals surface area contributed by atoms with Crippen molar-refractivity contribution >= 4 is 27.8 Å². The Morgan fingerprint density at radius 1 is 0.565 bits per heavy atom. The molecule has 0 aliphatic rings. The summed E-state index contributed by atoms with van der Waals surface area (Å²) in [7, 11) is -2.98. The van der Waals surface area contributed by atoms with Crippen molar-refractivity contribution in [3.8, 4) is 0 Å². The van der Waals surface area contributed by atoms with E-state index in [1.165, 1.54) is 11.4 Å². The lowest BCUT2D eigenvalue weighted by Crippen LogP contribution is -2.58. The number of benzene rings is 2. The first kappa shape index (κ1) is 17.8. The molecule has 0 spiro atoms. The smallest absolute Gasteiger partial charge is 0.149 e. The summed E-state index contributed by atoms with van der Waals surface area (Å²) in [6.07, 6.45) is 0. The summed E-state index contributed by atoms with van der Waals surface area (Å²) in [6.45, 7) is 15.5. The van der Waals surface area contributed by atoms with Crippen molar-refractivity contribution in [1.82, 2.24) is 0 Å². The van der Waals surface area contributed by atoms with Crippen molar-refractivity contribution in [3.63, 3.8) is 0 Å². The lowest BCUT2D eigenvalue weighted by atomic mass is 10.3. The Hall–Kier alpha value is -1.53. The van der Waals surface area contributed by atoms with Gasteiger partial charge in [0.1, 0.15) is 16.5 Å². The zero-order valence-electron chi connectivity index (χ0n) is 15.4. The fraction of sp³-hybridized carbons (Fsp3) is 0.368. The summed E-state index contributed by atoms with van der Waals surface area (Å²) in [5, 5.41) is 0. The molecule has 0 aliphatic carbocycles. The maximum Gasteiger partial charge on any atom is 0.149 e. The highest BCUT2D eigenvalue weighted by atomic mass is 28.3. The molecular weight excluding hydrogens is 312 g/mol. The Morgan fingerprint density at radius 2 is 0.870 bits per heavy atom. The lowest BCUT2D eigenvalue weighted by Gasteiger charge is -2.45. The Bertz CT molecular complexity index is 545. The highest BCUT2D eigenvalue weighted by Gasteiger charge is 2.31. The van der Waals surface area contributed by atoms with Gasteiger partial charge >= 0.3 is 0 Å². The van der Waals surface area contributed by atoms with Gasteiger partial charge in [-0.1, -0.05) is 75.7 Å². The van der Waals surface area contributed by atoms with Crippen molar-refractivity contribution in [2.75, 3.05) is 15.8 Å². The monoisotopic (exact) mass is 342 g/mol. The molecule has 0 heterocycles. The Labute approximate surface area is 143 Å². The molecule has 23 heavy (non-hydrogen) atoms. The third-order valence-corrected chi connectivity index (χ3v) is 8.08. The molecule has 0 bridgehead atoms. The van der Waals surface area contributed by atoms with E-state index in [0.717, 1.165) is 6.67 Å². The summed E-state index contributed by atoms with van der Waals surface area (Å²) in [5.74, 6) is 0. The van der Waals surface area contributed by atoms with Crippen LogP contribution in [-0.4, -0.2) is 23.1 Å². The molecule has 0 unspecified atom stereocenters. The zero-order valence-corrected chi connectivity index (χ0v) is 17.4. The second-order valence-corrected chi connectivity index (χ2v) is 17.8. The van der Waals surface area contributed by atoms with E-state index in [4.69, 9.17) is 0 Å². The van der Waals surface area contributed by atoms with Crippen LogP contribution in [-0.2, 0) is 0 Å². The van der Waals surface area contributed by atoms with Gasteiger partial charge in [-0.2, -0.15) is 0 Å². The van der Waals surface area contributed by atoms with Crippen LogP contribution in [0, 0.1) is 0 Å². The van der Waals surface area contributed by atoms with Crippen molar-refractivity contribution in [3.05, 3.63) is 60.7 Å². The van der Waals surface area contributed by atoms with Crippen LogP contribution in [0.4, 0.5) is 11.4 Å². The number of hydrogen-bond donors (Lipinski definition) is 0. The molecule has 0 atom stereocenters. The van der Waals surface area contributed by atoms with Crippen molar-refractivity contribution in [1.29, 1.82) is 0 Å². The molecule has 0 saturated heterocycles. The minimum atomic E-state index is -1.49. The number of para-hydroxylation sites is 2. The van der Waals surface area contributed by atoms with Crippen LogP contribution in [0.5, 0.6) is 0 Å². The Kier molecular flexibility index (Phi) is 5.37. The highest BCUT2D eigenvalue weighted by Crippen LogP contribution is 2.27. The van der Waals surface area contributed by atoms with Crippen molar-refractivity contribution in [2.24, 2.45) is 0 Å². The number of anilines is 2. The summed E-state index contributed by atoms with van der Waals surface area (Å²) in [4.78, 5) is 0. The third-order valence-electron chi connectivity index (χ3n) is 4.04. The van der Waals surface area contributed by atoms with Gasteiger partial charge in [-0.05, 0) is 24.3 Å². The fourth-order valence-electron chi connectivity index (χ4n) is 2.72. The van der Waals surface area contributed by atoms with Gasteiger partial charge in [-0.25, -0.2) is 0 Å². The van der Waals surface area contributed by atoms with Crippen LogP contribution >= 0.6 is 0 Å². The summed E-state index contributed by atoms with van der Waals surface area (Å²) in [5.41, 5.74) is 2.68. The SMILES string of the molecule is C[Si](C)(C)N(CN(c1ccccc1)[Si](C)(C)C)c1ccccc1. The van der Waals surface area contributed by atoms with Crippen LogP contribution in [0.15, 0.2) is 60.7 Å². The molecule has 0 fully saturated rings. The molecule has 0 saturated carbocycles. The predicted molar refractivity (Wildman–Crippen MR) is 109 cm³/mol. The first-order chi connectivity index (χ1) is 10.7. The second kappa shape index (κ2) is 6.93. The van der Waals surface area contributed by atoms with Gasteiger partial charge in [0, 0.05) is 11.4 Å². The third kappa shape index (κ3) is 4.72. The van der Waals surface area contributed by atoms with Crippen molar-refractivity contribution < 1.29 is 0 Å². The van der Waals surface area contributed by atoms with E-state index in [9.17, 15) is 0 Å². The minimum absolute atomic E-state index is 0.972. The second-order valence-electron chi connectivity index (χ2n) is 8.01. The highest BCUT2D eigenvalue weighted by molar-refractivity contribution is 6.81. The van der Waals surface area contributed by atoms with Crippen LogP contribution in [0.25, 0.3) is 0 Å². The van der Waals surface area contributed by atoms with Crippen LogP contribution in [0.2, 0.25) is 39.3 Å². The van der Waals surface area contributed by atoms with Crippen LogP contribution in [0.3, 0.4) is 0 Å². The van der Waals surface area contributed by atoms with Gasteiger partial charge in [0.25, 0.3) is 0 Å². The molecule has 0 aliphatic heterocycles. The summed E-state index contributed by atoms with van der Waals surface area (Å²) >= 11 is 0. The van der Waals surface area contributed by atoms with E-state index in [-0.39, 0.29) is 0 Å². The van der Waals surface area contributed by atoms with Gasteiger partial charge in [-0.15, -0.1) is 0 Å². The lowest BCUT2D eigenvalue weighted by molar-refractivity contribution is 0.966. The molecule has 0 aromatic heterocycles. The molecule has 4 heteroatoms. The Morgan fingerprint density at radius 3 is 1.13 bits per heavy atom. The van der Waals surface area contributed by atoms with E-state index in [2.05, 4.69) is 109 Å². The van der Waals surface area contributed by atoms with Crippen LogP contribution in [0.1, 0.15) is 0 Å². The van der Waals surface area contributed by atoms with Crippen LogP contribution < -0.4 is 9.13 Å². The maximum absolute atomic E-state index is 2.64. The standard InChI is InChI=1S/C19H30N2Si2/c1-22(2,3)20(18-13-9-7-10-14-18)17-21(23(4,5)6)19-15-11-8-12-16-19/h7-16H,17H2,1-6H3. The average molecular weight is 343 g/mol. The summed E-state index contributed by atoms with van der Waals surface area (Å²) in [6, 6.07) is 21.7. The van der Waals surface area contributed by atoms with E-state index in [1.807, 2.05) is 0 Å². The molecule has 124 valence electrons. The normalized spacial score (nSPS) is 12.1. The molecule has 0 N–H and O–H groups in total. The minimum Gasteiger partial charge on any atom is -0.382 e. The molecule has 2 nitrogen and oxygen atoms in total. The van der Waals surface area contributed by atoms with E-state index < -0.39 is 16.5 Å². The average Bonchev–Trinajstić information content (AvgIpc) is 2.47. The van der Waals surface area contributed by atoms with Gasteiger partial charge in [0.2, 0.25) is 0 Å². The molecule has 2 aromatic rings. The van der Waals surface area contributed by atoms with Gasteiger partial charge in [0.15, 0.2) is 0 Å². The maximum atomic E-state index is 2.64. The van der Waals surface area contributed by atoms with Crippen molar-refractivity contribution in [2.45, 2.75) is 39.3 Å². The fourth-order valence-corrected chi connectivity index (χ4v) is 5.84. The van der Waals surface area contributed by atoms with E-state index in [1.54, 1.807) is 0 Å². The topological polar surface area (TPSA) is 6.48 Å².